The Kier molecular flexibility index (Phi) is 3.28. The van der Waals surface area contributed by atoms with Gasteiger partial charge in [-0.3, -0.25) is 0 Å². The van der Waals surface area contributed by atoms with Crippen LogP contribution in [-0.2, 0) is 16.6 Å². The molecule has 4 nitrogen and oxygen atoms in total. The molecule has 0 aliphatic heterocycles. The smallest absolute Gasteiger partial charge is 0.240 e. The Morgan fingerprint density at radius 1 is 1.25 bits per heavy atom. The van der Waals surface area contributed by atoms with Crippen LogP contribution < -0.4 is 10.0 Å². The second-order valence-electron chi connectivity index (χ2n) is 4.01. The summed E-state index contributed by atoms with van der Waals surface area (Å²) in [5.41, 5.74) is 1.11. The Bertz CT molecular complexity index is 449. The number of nitrogens with one attached hydrogen (secondary N) is 2. The number of sulfonamides is 1. The predicted octanol–water partition coefficient (Wildman–Crippen LogP) is 0.847. The highest BCUT2D eigenvalue weighted by molar-refractivity contribution is 7.89. The first-order chi connectivity index (χ1) is 7.62. The van der Waals surface area contributed by atoms with E-state index in [1.165, 1.54) is 19.9 Å². The maximum atomic E-state index is 11.5. The van der Waals surface area contributed by atoms with Crippen LogP contribution in [0.1, 0.15) is 18.4 Å². The van der Waals surface area contributed by atoms with E-state index in [4.69, 9.17) is 0 Å². The molecule has 1 fully saturated rings. The number of hydrogen-bond donors (Lipinski definition) is 2. The Balaban J connectivity index is 2.03. The Morgan fingerprint density at radius 3 is 2.38 bits per heavy atom. The van der Waals surface area contributed by atoms with E-state index >= 15 is 0 Å². The van der Waals surface area contributed by atoms with Crippen LogP contribution in [0.5, 0.6) is 0 Å². The first-order valence-electron chi connectivity index (χ1n) is 5.38. The molecular formula is C11H16N2O2S. The van der Waals surface area contributed by atoms with Crippen LogP contribution in [0, 0.1) is 0 Å². The highest BCUT2D eigenvalue weighted by atomic mass is 32.2. The second kappa shape index (κ2) is 4.53. The van der Waals surface area contributed by atoms with Crippen molar-refractivity contribution in [1.29, 1.82) is 0 Å². The van der Waals surface area contributed by atoms with Gasteiger partial charge in [0.15, 0.2) is 0 Å². The van der Waals surface area contributed by atoms with Gasteiger partial charge in [-0.1, -0.05) is 12.1 Å². The SMILES string of the molecule is CNS(=O)(=O)c1ccc(CNC2CC2)cc1. The molecule has 16 heavy (non-hydrogen) atoms. The molecule has 1 aromatic rings. The zero-order valence-electron chi connectivity index (χ0n) is 9.23. The molecule has 88 valence electrons. The number of hydrogen-bond acceptors (Lipinski definition) is 3. The Hall–Kier alpha value is -0.910. The highest BCUT2D eigenvalue weighted by Crippen LogP contribution is 2.19. The normalized spacial score (nSPS) is 16.3. The van der Waals surface area contributed by atoms with E-state index in [-0.39, 0.29) is 0 Å². The summed E-state index contributed by atoms with van der Waals surface area (Å²) in [5.74, 6) is 0. The van der Waals surface area contributed by atoms with Crippen LogP contribution in [0.3, 0.4) is 0 Å². The molecule has 0 aromatic heterocycles. The third kappa shape index (κ3) is 2.81. The summed E-state index contributed by atoms with van der Waals surface area (Å²) in [5, 5.41) is 3.38. The van der Waals surface area contributed by atoms with E-state index in [9.17, 15) is 8.42 Å². The fourth-order valence-electron chi connectivity index (χ4n) is 1.45. The van der Waals surface area contributed by atoms with Crippen LogP contribution in [0.4, 0.5) is 0 Å². The lowest BCUT2D eigenvalue weighted by Crippen LogP contribution is -2.19. The lowest BCUT2D eigenvalue weighted by atomic mass is 10.2. The average molecular weight is 240 g/mol. The lowest BCUT2D eigenvalue weighted by molar-refractivity contribution is 0.588. The van der Waals surface area contributed by atoms with E-state index in [0.717, 1.165) is 12.1 Å². The van der Waals surface area contributed by atoms with Gasteiger partial charge >= 0.3 is 0 Å². The van der Waals surface area contributed by atoms with Gasteiger partial charge in [-0.2, -0.15) is 0 Å². The van der Waals surface area contributed by atoms with Crippen molar-refractivity contribution in [2.45, 2.75) is 30.3 Å². The van der Waals surface area contributed by atoms with Crippen LogP contribution in [-0.4, -0.2) is 21.5 Å². The molecule has 1 saturated carbocycles. The predicted molar refractivity (Wildman–Crippen MR) is 62.5 cm³/mol. The summed E-state index contributed by atoms with van der Waals surface area (Å²) in [7, 11) is -1.89. The van der Waals surface area contributed by atoms with Crippen LogP contribution in [0.2, 0.25) is 0 Å². The zero-order chi connectivity index (χ0) is 11.6. The van der Waals surface area contributed by atoms with Crippen molar-refractivity contribution in [3.8, 4) is 0 Å². The number of rotatable bonds is 5. The number of benzene rings is 1. The minimum absolute atomic E-state index is 0.310. The van der Waals surface area contributed by atoms with Crippen molar-refractivity contribution < 1.29 is 8.42 Å². The van der Waals surface area contributed by atoms with E-state index < -0.39 is 10.0 Å². The summed E-state index contributed by atoms with van der Waals surface area (Å²) in [6.07, 6.45) is 2.51. The Morgan fingerprint density at radius 2 is 1.88 bits per heavy atom. The summed E-state index contributed by atoms with van der Waals surface area (Å²) >= 11 is 0. The fraction of sp³-hybridized carbons (Fsp3) is 0.455. The first kappa shape index (κ1) is 11.6. The van der Waals surface area contributed by atoms with Crippen LogP contribution in [0.15, 0.2) is 29.2 Å². The topological polar surface area (TPSA) is 58.2 Å². The van der Waals surface area contributed by atoms with Crippen molar-refractivity contribution in [3.63, 3.8) is 0 Å². The van der Waals surface area contributed by atoms with Gasteiger partial charge in [-0.25, -0.2) is 13.1 Å². The second-order valence-corrected chi connectivity index (χ2v) is 5.89. The Labute approximate surface area is 96.1 Å². The van der Waals surface area contributed by atoms with Crippen molar-refractivity contribution >= 4 is 10.0 Å². The molecular weight excluding hydrogens is 224 g/mol. The molecule has 1 aliphatic carbocycles. The largest absolute Gasteiger partial charge is 0.310 e. The van der Waals surface area contributed by atoms with Gasteiger partial charge < -0.3 is 5.32 Å². The first-order valence-corrected chi connectivity index (χ1v) is 6.86. The highest BCUT2D eigenvalue weighted by Gasteiger charge is 2.20. The van der Waals surface area contributed by atoms with Gasteiger partial charge in [0.05, 0.1) is 4.90 Å². The van der Waals surface area contributed by atoms with Gasteiger partial charge in [-0.05, 0) is 37.6 Å². The van der Waals surface area contributed by atoms with Crippen LogP contribution in [0.25, 0.3) is 0 Å². The van der Waals surface area contributed by atoms with E-state index in [1.54, 1.807) is 12.1 Å². The van der Waals surface area contributed by atoms with Crippen molar-refractivity contribution in [2.24, 2.45) is 0 Å². The molecule has 0 saturated heterocycles. The monoisotopic (exact) mass is 240 g/mol. The summed E-state index contributed by atoms with van der Waals surface area (Å²) in [6, 6.07) is 7.63. The summed E-state index contributed by atoms with van der Waals surface area (Å²) < 4.78 is 25.2. The van der Waals surface area contributed by atoms with Crippen molar-refractivity contribution in [2.75, 3.05) is 7.05 Å². The zero-order valence-corrected chi connectivity index (χ0v) is 10.0. The van der Waals surface area contributed by atoms with Gasteiger partial charge in [0.1, 0.15) is 0 Å². The molecule has 0 unspecified atom stereocenters. The minimum Gasteiger partial charge on any atom is -0.310 e. The standard InChI is InChI=1S/C11H16N2O2S/c1-12-16(14,15)11-6-2-9(3-7-11)8-13-10-4-5-10/h2-3,6-7,10,12-13H,4-5,8H2,1H3. The molecule has 1 aromatic carbocycles. The molecule has 2 N–H and O–H groups in total. The summed E-state index contributed by atoms with van der Waals surface area (Å²) in [6.45, 7) is 0.810. The van der Waals surface area contributed by atoms with E-state index in [2.05, 4.69) is 10.0 Å². The van der Waals surface area contributed by atoms with Gasteiger partial charge in [0, 0.05) is 12.6 Å². The minimum atomic E-state index is -3.30. The molecule has 0 heterocycles. The van der Waals surface area contributed by atoms with Crippen molar-refractivity contribution in [1.82, 2.24) is 10.0 Å². The lowest BCUT2D eigenvalue weighted by Gasteiger charge is -2.05. The molecule has 0 amide bonds. The quantitative estimate of drug-likeness (QED) is 0.802. The maximum Gasteiger partial charge on any atom is 0.240 e. The third-order valence-corrected chi connectivity index (χ3v) is 4.10. The summed E-state index contributed by atoms with van der Waals surface area (Å²) in [4.78, 5) is 0.310. The average Bonchev–Trinajstić information content (AvgIpc) is 3.11. The van der Waals surface area contributed by atoms with E-state index in [0.29, 0.717) is 10.9 Å². The molecule has 2 rings (SSSR count). The van der Waals surface area contributed by atoms with E-state index in [1.807, 2.05) is 12.1 Å². The van der Waals surface area contributed by atoms with Crippen LogP contribution >= 0.6 is 0 Å². The van der Waals surface area contributed by atoms with Crippen molar-refractivity contribution in [3.05, 3.63) is 29.8 Å². The molecule has 0 bridgehead atoms. The molecule has 0 radical (unpaired) electrons. The third-order valence-electron chi connectivity index (χ3n) is 2.67. The molecule has 1 aliphatic rings. The maximum absolute atomic E-state index is 11.5. The van der Waals surface area contributed by atoms with Gasteiger partial charge in [0.25, 0.3) is 0 Å². The van der Waals surface area contributed by atoms with Gasteiger partial charge in [-0.15, -0.1) is 0 Å². The fourth-order valence-corrected chi connectivity index (χ4v) is 2.18. The molecule has 0 atom stereocenters. The molecule has 0 spiro atoms. The molecule has 5 heteroatoms. The van der Waals surface area contributed by atoms with Gasteiger partial charge in [0.2, 0.25) is 10.0 Å².